The van der Waals surface area contributed by atoms with Gasteiger partial charge in [0.25, 0.3) is 5.91 Å². The molecule has 2 aromatic heterocycles. The number of pyridine rings is 1. The fourth-order valence-electron chi connectivity index (χ4n) is 4.90. The largest absolute Gasteiger partial charge is 0.348 e. The summed E-state index contributed by atoms with van der Waals surface area (Å²) in [7, 11) is 0. The van der Waals surface area contributed by atoms with E-state index in [0.29, 0.717) is 5.69 Å². The molecule has 6 nitrogen and oxygen atoms in total. The quantitative estimate of drug-likeness (QED) is 0.640. The van der Waals surface area contributed by atoms with Crippen molar-refractivity contribution < 1.29 is 4.79 Å². The molecular weight excluding hydrogens is 386 g/mol. The predicted octanol–water partition coefficient (Wildman–Crippen LogP) is 4.53. The van der Waals surface area contributed by atoms with Gasteiger partial charge >= 0.3 is 0 Å². The summed E-state index contributed by atoms with van der Waals surface area (Å²) in [6.45, 7) is 5.60. The topological polar surface area (TPSA) is 73.9 Å². The molecule has 3 heterocycles. The van der Waals surface area contributed by atoms with Crippen LogP contribution in [-0.4, -0.2) is 45.1 Å². The summed E-state index contributed by atoms with van der Waals surface area (Å²) in [6.07, 6.45) is 10.9. The van der Waals surface area contributed by atoms with Crippen LogP contribution in [0.2, 0.25) is 0 Å². The number of benzene rings is 1. The molecule has 1 aliphatic heterocycles. The summed E-state index contributed by atoms with van der Waals surface area (Å²) in [5.74, 6) is 0.754. The van der Waals surface area contributed by atoms with Crippen molar-refractivity contribution in [2.75, 3.05) is 13.1 Å². The maximum absolute atomic E-state index is 12.8. The van der Waals surface area contributed by atoms with E-state index in [1.54, 1.807) is 0 Å². The van der Waals surface area contributed by atoms with E-state index in [4.69, 9.17) is 0 Å². The fourth-order valence-corrected chi connectivity index (χ4v) is 4.90. The zero-order valence-electron chi connectivity index (χ0n) is 18.2. The molecule has 1 aliphatic carbocycles. The fraction of sp³-hybridized carbons (Fsp3) is 0.480. The molecule has 0 bridgehead atoms. The third-order valence-electron chi connectivity index (χ3n) is 6.88. The average molecular weight is 418 g/mol. The number of fused-ring (bicyclic) bond motifs is 1. The second kappa shape index (κ2) is 8.79. The van der Waals surface area contributed by atoms with Crippen LogP contribution in [0.15, 0.2) is 36.7 Å². The molecule has 1 aromatic carbocycles. The van der Waals surface area contributed by atoms with Crippen LogP contribution in [-0.2, 0) is 6.54 Å². The average Bonchev–Trinajstić information content (AvgIpc) is 3.45. The van der Waals surface area contributed by atoms with Crippen LogP contribution < -0.4 is 5.32 Å². The van der Waals surface area contributed by atoms with Crippen molar-refractivity contribution in [2.24, 2.45) is 5.92 Å². The van der Waals surface area contributed by atoms with E-state index in [-0.39, 0.29) is 11.9 Å². The number of likely N-dealkylation sites (tertiary alicyclic amines) is 1. The maximum Gasteiger partial charge on any atom is 0.272 e. The standard InChI is InChI=1S/C25H31N5O/c1-17-8-10-30(11-9-17)16-18-12-20(15-26-14-18)19-6-7-23-22(13-19)24(29-28-23)25(31)27-21-4-2-3-5-21/h6-7,12-15,17,21H,2-5,8-11,16H2,1H3,(H,27,31)(H,28,29). The number of carbonyl (C=O) groups excluding carboxylic acids is 1. The summed E-state index contributed by atoms with van der Waals surface area (Å²) < 4.78 is 0. The molecule has 2 aliphatic rings. The lowest BCUT2D eigenvalue weighted by Gasteiger charge is -2.30. The van der Waals surface area contributed by atoms with Crippen molar-refractivity contribution in [3.05, 3.63) is 47.9 Å². The van der Waals surface area contributed by atoms with E-state index in [1.165, 1.54) is 31.2 Å². The van der Waals surface area contributed by atoms with Gasteiger partial charge in [0.2, 0.25) is 0 Å². The van der Waals surface area contributed by atoms with Crippen molar-refractivity contribution in [3.63, 3.8) is 0 Å². The van der Waals surface area contributed by atoms with Gasteiger partial charge in [0.1, 0.15) is 0 Å². The van der Waals surface area contributed by atoms with Crippen molar-refractivity contribution in [3.8, 4) is 11.1 Å². The van der Waals surface area contributed by atoms with E-state index < -0.39 is 0 Å². The van der Waals surface area contributed by atoms with Gasteiger partial charge in [0.15, 0.2) is 5.69 Å². The number of amides is 1. The van der Waals surface area contributed by atoms with Crippen molar-refractivity contribution in [2.45, 2.75) is 58.0 Å². The Balaban J connectivity index is 1.37. The molecule has 1 saturated carbocycles. The highest BCUT2D eigenvalue weighted by Crippen LogP contribution is 2.27. The third kappa shape index (κ3) is 4.49. The highest BCUT2D eigenvalue weighted by atomic mass is 16.2. The highest BCUT2D eigenvalue weighted by molar-refractivity contribution is 6.05. The predicted molar refractivity (Wildman–Crippen MR) is 123 cm³/mol. The summed E-state index contributed by atoms with van der Waals surface area (Å²) in [4.78, 5) is 19.8. The van der Waals surface area contributed by atoms with E-state index in [0.717, 1.165) is 60.4 Å². The molecule has 1 amide bonds. The Hall–Kier alpha value is -2.73. The summed E-state index contributed by atoms with van der Waals surface area (Å²) >= 11 is 0. The van der Waals surface area contributed by atoms with Crippen LogP contribution in [0.1, 0.15) is 61.5 Å². The molecule has 0 atom stereocenters. The van der Waals surface area contributed by atoms with Gasteiger partial charge < -0.3 is 5.32 Å². The van der Waals surface area contributed by atoms with Gasteiger partial charge in [0.05, 0.1) is 5.52 Å². The van der Waals surface area contributed by atoms with E-state index in [9.17, 15) is 4.79 Å². The Kier molecular flexibility index (Phi) is 5.72. The normalized spacial score (nSPS) is 18.6. The molecule has 162 valence electrons. The van der Waals surface area contributed by atoms with Crippen molar-refractivity contribution in [1.82, 2.24) is 25.4 Å². The molecule has 31 heavy (non-hydrogen) atoms. The molecule has 1 saturated heterocycles. The van der Waals surface area contributed by atoms with Crippen molar-refractivity contribution >= 4 is 16.8 Å². The van der Waals surface area contributed by atoms with Crippen LogP contribution in [0.25, 0.3) is 22.0 Å². The Bertz CT molecular complexity index is 1060. The molecule has 0 unspecified atom stereocenters. The van der Waals surface area contributed by atoms with Gasteiger partial charge in [-0.2, -0.15) is 5.10 Å². The maximum atomic E-state index is 12.8. The second-order valence-corrected chi connectivity index (χ2v) is 9.33. The Labute approximate surface area is 183 Å². The lowest BCUT2D eigenvalue weighted by molar-refractivity contribution is 0.0934. The van der Waals surface area contributed by atoms with Crippen LogP contribution in [0.4, 0.5) is 0 Å². The van der Waals surface area contributed by atoms with E-state index in [1.807, 2.05) is 18.5 Å². The summed E-state index contributed by atoms with van der Waals surface area (Å²) in [5, 5.41) is 11.3. The lowest BCUT2D eigenvalue weighted by Crippen LogP contribution is -2.32. The first-order valence-corrected chi connectivity index (χ1v) is 11.6. The molecule has 0 spiro atoms. The van der Waals surface area contributed by atoms with E-state index in [2.05, 4.69) is 50.5 Å². The minimum absolute atomic E-state index is 0.0819. The minimum Gasteiger partial charge on any atom is -0.348 e. The first-order chi connectivity index (χ1) is 15.2. The smallest absolute Gasteiger partial charge is 0.272 e. The van der Waals surface area contributed by atoms with Gasteiger partial charge in [-0.1, -0.05) is 25.8 Å². The monoisotopic (exact) mass is 417 g/mol. The van der Waals surface area contributed by atoms with Crippen LogP contribution in [0, 0.1) is 5.92 Å². The molecule has 6 heteroatoms. The number of piperidine rings is 1. The zero-order chi connectivity index (χ0) is 21.2. The number of carbonyl (C=O) groups is 1. The molecule has 0 radical (unpaired) electrons. The zero-order valence-corrected chi connectivity index (χ0v) is 18.2. The molecule has 5 rings (SSSR count). The Morgan fingerprint density at radius 1 is 1.10 bits per heavy atom. The van der Waals surface area contributed by atoms with Gasteiger partial charge in [-0.05, 0) is 74.0 Å². The number of rotatable bonds is 5. The van der Waals surface area contributed by atoms with Gasteiger partial charge in [-0.15, -0.1) is 0 Å². The minimum atomic E-state index is -0.0819. The van der Waals surface area contributed by atoms with Gasteiger partial charge in [0, 0.05) is 35.9 Å². The summed E-state index contributed by atoms with van der Waals surface area (Å²) in [5.41, 5.74) is 4.74. The number of hydrogen-bond donors (Lipinski definition) is 2. The second-order valence-electron chi connectivity index (χ2n) is 9.33. The molecule has 3 aromatic rings. The van der Waals surface area contributed by atoms with E-state index >= 15 is 0 Å². The van der Waals surface area contributed by atoms with Gasteiger partial charge in [-0.3, -0.25) is 19.8 Å². The van der Waals surface area contributed by atoms with Crippen LogP contribution >= 0.6 is 0 Å². The SMILES string of the molecule is CC1CCN(Cc2cncc(-c3ccc4[nH]nc(C(=O)NC5CCCC5)c4c3)c2)CC1. The third-order valence-corrected chi connectivity index (χ3v) is 6.88. The molecular formula is C25H31N5O. The number of H-pyrrole nitrogens is 1. The number of nitrogens with one attached hydrogen (secondary N) is 2. The number of aromatic nitrogens is 3. The summed E-state index contributed by atoms with van der Waals surface area (Å²) in [6, 6.07) is 8.64. The molecule has 2 fully saturated rings. The van der Waals surface area contributed by atoms with Gasteiger partial charge in [-0.25, -0.2) is 0 Å². The van der Waals surface area contributed by atoms with Crippen molar-refractivity contribution in [1.29, 1.82) is 0 Å². The highest BCUT2D eigenvalue weighted by Gasteiger charge is 2.21. The Morgan fingerprint density at radius 3 is 2.71 bits per heavy atom. The molecule has 2 N–H and O–H groups in total. The van der Waals surface area contributed by atoms with Crippen LogP contribution in [0.5, 0.6) is 0 Å². The number of nitrogens with zero attached hydrogens (tertiary/aromatic N) is 3. The first-order valence-electron chi connectivity index (χ1n) is 11.6. The number of aromatic amines is 1. The Morgan fingerprint density at radius 2 is 1.90 bits per heavy atom. The lowest BCUT2D eigenvalue weighted by atomic mass is 9.98. The number of hydrogen-bond acceptors (Lipinski definition) is 4. The first kappa shape index (κ1) is 20.2. The van der Waals surface area contributed by atoms with Crippen LogP contribution in [0.3, 0.4) is 0 Å².